The third-order valence-corrected chi connectivity index (χ3v) is 5.03. The van der Waals surface area contributed by atoms with Crippen molar-refractivity contribution in [2.24, 2.45) is 0 Å². The van der Waals surface area contributed by atoms with Gasteiger partial charge < -0.3 is 14.4 Å². The zero-order valence-electron chi connectivity index (χ0n) is 14.7. The molecule has 6 heteroatoms. The largest absolute Gasteiger partial charge is 0.503 e. The zero-order valence-corrected chi connectivity index (χ0v) is 15.5. The van der Waals surface area contributed by atoms with Crippen molar-refractivity contribution in [2.45, 2.75) is 12.6 Å². The average molecular weight is 394 g/mol. The quantitative estimate of drug-likeness (QED) is 0.637. The highest BCUT2D eigenvalue weighted by Crippen LogP contribution is 2.42. The van der Waals surface area contributed by atoms with E-state index in [-0.39, 0.29) is 17.9 Å². The van der Waals surface area contributed by atoms with E-state index in [0.717, 1.165) is 5.56 Å². The predicted molar refractivity (Wildman–Crippen MR) is 104 cm³/mol. The SMILES string of the molecule is O=C(C1=C(O)C(=O)N(Cc2ccccc2)C1c1ccccc1Cl)c1ccco1. The van der Waals surface area contributed by atoms with Crippen LogP contribution in [0.2, 0.25) is 5.02 Å². The molecule has 0 bridgehead atoms. The van der Waals surface area contributed by atoms with Gasteiger partial charge in [0.25, 0.3) is 5.91 Å². The van der Waals surface area contributed by atoms with Crippen LogP contribution in [0.1, 0.15) is 27.7 Å². The van der Waals surface area contributed by atoms with Gasteiger partial charge >= 0.3 is 0 Å². The number of ketones is 1. The minimum absolute atomic E-state index is 0.0380. The molecule has 1 unspecified atom stereocenters. The van der Waals surface area contributed by atoms with Gasteiger partial charge in [0.1, 0.15) is 0 Å². The lowest BCUT2D eigenvalue weighted by atomic mass is 9.95. The number of benzene rings is 2. The number of rotatable bonds is 5. The topological polar surface area (TPSA) is 70.8 Å². The zero-order chi connectivity index (χ0) is 19.7. The number of hydrogen-bond donors (Lipinski definition) is 1. The van der Waals surface area contributed by atoms with Gasteiger partial charge in [-0.25, -0.2) is 0 Å². The van der Waals surface area contributed by atoms with Crippen LogP contribution in [-0.2, 0) is 11.3 Å². The summed E-state index contributed by atoms with van der Waals surface area (Å²) < 4.78 is 5.20. The number of aliphatic hydroxyl groups excluding tert-OH is 1. The van der Waals surface area contributed by atoms with Crippen molar-refractivity contribution in [2.75, 3.05) is 0 Å². The highest BCUT2D eigenvalue weighted by Gasteiger charge is 2.45. The van der Waals surface area contributed by atoms with Crippen molar-refractivity contribution in [1.29, 1.82) is 0 Å². The Morgan fingerprint density at radius 1 is 1.04 bits per heavy atom. The molecule has 0 fully saturated rings. The Hall–Kier alpha value is -3.31. The molecule has 2 aromatic carbocycles. The molecule has 1 aromatic heterocycles. The summed E-state index contributed by atoms with van der Waals surface area (Å²) in [6.07, 6.45) is 1.37. The molecule has 0 saturated carbocycles. The number of carbonyl (C=O) groups excluding carboxylic acids is 2. The molecule has 1 N–H and O–H groups in total. The fraction of sp³-hybridized carbons (Fsp3) is 0.0909. The summed E-state index contributed by atoms with van der Waals surface area (Å²) >= 11 is 6.39. The molecule has 1 atom stereocenters. The van der Waals surface area contributed by atoms with E-state index in [1.807, 2.05) is 30.3 Å². The van der Waals surface area contributed by atoms with Crippen molar-refractivity contribution >= 4 is 23.3 Å². The molecule has 1 amide bonds. The van der Waals surface area contributed by atoms with E-state index in [9.17, 15) is 14.7 Å². The van der Waals surface area contributed by atoms with Crippen LogP contribution in [0.5, 0.6) is 0 Å². The lowest BCUT2D eigenvalue weighted by Gasteiger charge is -2.27. The monoisotopic (exact) mass is 393 g/mol. The van der Waals surface area contributed by atoms with Gasteiger partial charge in [-0.15, -0.1) is 0 Å². The van der Waals surface area contributed by atoms with Crippen molar-refractivity contribution in [3.8, 4) is 0 Å². The molecule has 4 rings (SSSR count). The van der Waals surface area contributed by atoms with Crippen LogP contribution in [-0.4, -0.2) is 21.7 Å². The van der Waals surface area contributed by atoms with Crippen LogP contribution >= 0.6 is 11.6 Å². The molecule has 0 saturated heterocycles. The first-order chi connectivity index (χ1) is 13.6. The molecule has 3 aromatic rings. The summed E-state index contributed by atoms with van der Waals surface area (Å²) in [5.41, 5.74) is 1.39. The smallest absolute Gasteiger partial charge is 0.290 e. The Kier molecular flexibility index (Phi) is 4.75. The van der Waals surface area contributed by atoms with Crippen molar-refractivity contribution in [1.82, 2.24) is 4.90 Å². The van der Waals surface area contributed by atoms with Gasteiger partial charge in [-0.05, 0) is 29.3 Å². The van der Waals surface area contributed by atoms with E-state index in [1.54, 1.807) is 30.3 Å². The van der Waals surface area contributed by atoms with E-state index in [0.29, 0.717) is 10.6 Å². The van der Waals surface area contributed by atoms with Gasteiger partial charge in [-0.1, -0.05) is 60.1 Å². The Labute approximate surface area is 166 Å². The second-order valence-electron chi connectivity index (χ2n) is 6.41. The van der Waals surface area contributed by atoms with Crippen LogP contribution in [0.4, 0.5) is 0 Å². The van der Waals surface area contributed by atoms with Gasteiger partial charge in [-0.3, -0.25) is 9.59 Å². The summed E-state index contributed by atoms with van der Waals surface area (Å²) in [7, 11) is 0. The van der Waals surface area contributed by atoms with Crippen LogP contribution in [0.25, 0.3) is 0 Å². The van der Waals surface area contributed by atoms with Crippen LogP contribution in [0.3, 0.4) is 0 Å². The highest BCUT2D eigenvalue weighted by atomic mass is 35.5. The summed E-state index contributed by atoms with van der Waals surface area (Å²) in [4.78, 5) is 27.4. The maximum Gasteiger partial charge on any atom is 0.290 e. The van der Waals surface area contributed by atoms with Gasteiger partial charge in [-0.2, -0.15) is 0 Å². The molecule has 0 radical (unpaired) electrons. The number of carbonyl (C=O) groups is 2. The fourth-order valence-corrected chi connectivity index (χ4v) is 3.63. The fourth-order valence-electron chi connectivity index (χ4n) is 3.39. The number of aliphatic hydroxyl groups is 1. The first-order valence-electron chi connectivity index (χ1n) is 8.68. The Morgan fingerprint density at radius 2 is 1.75 bits per heavy atom. The van der Waals surface area contributed by atoms with Crippen molar-refractivity contribution in [3.05, 3.63) is 106 Å². The van der Waals surface area contributed by atoms with Gasteiger partial charge in [0.2, 0.25) is 5.78 Å². The second kappa shape index (κ2) is 7.37. The van der Waals surface area contributed by atoms with Crippen molar-refractivity contribution < 1.29 is 19.1 Å². The molecule has 140 valence electrons. The predicted octanol–water partition coefficient (Wildman–Crippen LogP) is 4.71. The first-order valence-corrected chi connectivity index (χ1v) is 9.06. The van der Waals surface area contributed by atoms with Crippen LogP contribution in [0.15, 0.2) is 88.7 Å². The Bertz CT molecular complexity index is 1060. The first kappa shape index (κ1) is 18.1. The third kappa shape index (κ3) is 3.10. The summed E-state index contributed by atoms with van der Waals surface area (Å²) in [5.74, 6) is -1.70. The van der Waals surface area contributed by atoms with E-state index in [2.05, 4.69) is 0 Å². The minimum Gasteiger partial charge on any atom is -0.503 e. The lowest BCUT2D eigenvalue weighted by Crippen LogP contribution is -2.30. The highest BCUT2D eigenvalue weighted by molar-refractivity contribution is 6.31. The van der Waals surface area contributed by atoms with E-state index in [4.69, 9.17) is 16.0 Å². The third-order valence-electron chi connectivity index (χ3n) is 4.69. The molecule has 0 aliphatic carbocycles. The molecule has 5 nitrogen and oxygen atoms in total. The normalized spacial score (nSPS) is 16.7. The summed E-state index contributed by atoms with van der Waals surface area (Å²) in [5, 5.41) is 11.0. The number of halogens is 1. The molecule has 1 aliphatic heterocycles. The van der Waals surface area contributed by atoms with Crippen LogP contribution < -0.4 is 0 Å². The maximum atomic E-state index is 13.0. The Balaban J connectivity index is 1.82. The lowest BCUT2D eigenvalue weighted by molar-refractivity contribution is -0.130. The number of hydrogen-bond acceptors (Lipinski definition) is 4. The van der Waals surface area contributed by atoms with E-state index in [1.165, 1.54) is 17.2 Å². The molecule has 1 aliphatic rings. The van der Waals surface area contributed by atoms with E-state index >= 15 is 0 Å². The molecule has 0 spiro atoms. The number of nitrogens with zero attached hydrogens (tertiary/aromatic N) is 1. The average Bonchev–Trinajstić information content (AvgIpc) is 3.32. The summed E-state index contributed by atoms with van der Waals surface area (Å²) in [6.45, 7) is 0.217. The number of amides is 1. The maximum absolute atomic E-state index is 13.0. The van der Waals surface area contributed by atoms with Crippen LogP contribution in [0, 0.1) is 0 Å². The minimum atomic E-state index is -0.820. The van der Waals surface area contributed by atoms with Crippen molar-refractivity contribution in [3.63, 3.8) is 0 Å². The van der Waals surface area contributed by atoms with Gasteiger partial charge in [0.15, 0.2) is 11.5 Å². The number of Topliss-reactive ketones (excluding diaryl/α,β-unsaturated/α-hetero) is 1. The van der Waals surface area contributed by atoms with Gasteiger partial charge in [0.05, 0.1) is 17.9 Å². The van der Waals surface area contributed by atoms with Gasteiger partial charge in [0, 0.05) is 11.6 Å². The molecule has 28 heavy (non-hydrogen) atoms. The summed E-state index contributed by atoms with van der Waals surface area (Å²) in [6, 6.07) is 18.6. The second-order valence-corrected chi connectivity index (χ2v) is 6.82. The molecular formula is C22H16ClNO4. The van der Waals surface area contributed by atoms with E-state index < -0.39 is 23.5 Å². The molecule has 2 heterocycles. The standard InChI is InChI=1S/C22H16ClNO4/c23-16-10-5-4-9-15(16)19-18(20(25)17-11-6-12-28-17)21(26)22(27)24(19)13-14-7-2-1-3-8-14/h1-12,19,26H,13H2. The Morgan fingerprint density at radius 3 is 2.43 bits per heavy atom. The molecular weight excluding hydrogens is 378 g/mol. The number of furan rings is 1.